The number of carbonyl (C=O) groups is 2. The zero-order valence-corrected chi connectivity index (χ0v) is 19.5. The Morgan fingerprint density at radius 2 is 1.54 bits per heavy atom. The molecule has 0 aliphatic rings. The van der Waals surface area contributed by atoms with Gasteiger partial charge in [-0.05, 0) is 65.2 Å². The van der Waals surface area contributed by atoms with Gasteiger partial charge in [0.2, 0.25) is 0 Å². The summed E-state index contributed by atoms with van der Waals surface area (Å²) < 4.78 is 10.3. The van der Waals surface area contributed by atoms with Gasteiger partial charge >= 0.3 is 11.9 Å². The zero-order chi connectivity index (χ0) is 21.4. The molecule has 1 aromatic heterocycles. The molecule has 2 unspecified atom stereocenters. The van der Waals surface area contributed by atoms with Gasteiger partial charge in [0, 0.05) is 12.1 Å². The highest BCUT2D eigenvalue weighted by Crippen LogP contribution is 2.35. The highest BCUT2D eigenvalue weighted by Gasteiger charge is 2.28. The van der Waals surface area contributed by atoms with E-state index < -0.39 is 11.9 Å². The quantitative estimate of drug-likeness (QED) is 0.438. The highest BCUT2D eigenvalue weighted by molar-refractivity contribution is 7.80. The van der Waals surface area contributed by atoms with Crippen molar-refractivity contribution >= 4 is 45.6 Å². The maximum absolute atomic E-state index is 12.5. The topological polar surface area (TPSA) is 67.9 Å². The largest absolute Gasteiger partial charge is 0.462 e. The minimum atomic E-state index is -0.476. The Labute approximate surface area is 177 Å². The smallest absolute Gasteiger partial charge is 0.348 e. The van der Waals surface area contributed by atoms with Crippen LogP contribution in [0.1, 0.15) is 80.0 Å². The Morgan fingerprint density at radius 1 is 1.04 bits per heavy atom. The van der Waals surface area contributed by atoms with E-state index in [-0.39, 0.29) is 25.3 Å². The number of hydrogen-bond donors (Lipinski definition) is 1. The number of nitrogens with one attached hydrogen (secondary N) is 1. The van der Waals surface area contributed by atoms with E-state index in [1.54, 1.807) is 20.8 Å². The van der Waals surface area contributed by atoms with Gasteiger partial charge in [-0.3, -0.25) is 0 Å². The minimum absolute atomic E-state index is 0.242. The first-order valence-corrected chi connectivity index (χ1v) is 11.0. The van der Waals surface area contributed by atoms with Crippen LogP contribution in [0.25, 0.3) is 0 Å². The van der Waals surface area contributed by atoms with Crippen molar-refractivity contribution in [1.82, 2.24) is 4.90 Å². The average Bonchev–Trinajstić information content (AvgIpc) is 2.97. The zero-order valence-electron chi connectivity index (χ0n) is 17.9. The number of thiocarbonyl (C=S) groups is 1. The SMILES string of the molecule is CCOC(=O)c1sc(NC(=S)N(C(C)CC)C(C)CC)c(C(=O)OCC)c1C. The fourth-order valence-corrected chi connectivity index (χ4v) is 4.45. The summed E-state index contributed by atoms with van der Waals surface area (Å²) in [5, 5.41) is 4.25. The number of ether oxygens (including phenoxy) is 2. The maximum Gasteiger partial charge on any atom is 0.348 e. The third-order valence-corrected chi connectivity index (χ3v) is 6.17. The van der Waals surface area contributed by atoms with Gasteiger partial charge in [0.25, 0.3) is 0 Å². The van der Waals surface area contributed by atoms with Gasteiger partial charge in [0.05, 0.1) is 18.8 Å². The van der Waals surface area contributed by atoms with Crippen LogP contribution in [0.3, 0.4) is 0 Å². The number of nitrogens with zero attached hydrogens (tertiary/aromatic N) is 1. The van der Waals surface area contributed by atoms with Crippen molar-refractivity contribution in [3.8, 4) is 0 Å². The van der Waals surface area contributed by atoms with Crippen LogP contribution >= 0.6 is 23.6 Å². The summed E-state index contributed by atoms with van der Waals surface area (Å²) in [6, 6.07) is 0.484. The molecule has 28 heavy (non-hydrogen) atoms. The van der Waals surface area contributed by atoms with E-state index >= 15 is 0 Å². The van der Waals surface area contributed by atoms with E-state index in [4.69, 9.17) is 21.7 Å². The normalized spacial score (nSPS) is 12.8. The molecule has 0 saturated heterocycles. The molecule has 1 aromatic rings. The molecule has 0 aliphatic carbocycles. The number of esters is 2. The summed E-state index contributed by atoms with van der Waals surface area (Å²) in [4.78, 5) is 27.4. The van der Waals surface area contributed by atoms with E-state index in [9.17, 15) is 9.59 Å². The Bertz CT molecular complexity index is 693. The molecule has 0 fully saturated rings. The first-order chi connectivity index (χ1) is 13.2. The standard InChI is InChI=1S/C20H32N2O4S2/c1-8-12(5)22(13(6)9-2)20(27)21-17-15(18(23)25-10-3)14(7)16(28-17)19(24)26-11-4/h12-13H,8-11H2,1-7H3,(H,21,27). The van der Waals surface area contributed by atoms with Crippen molar-refractivity contribution < 1.29 is 19.1 Å². The number of hydrogen-bond acceptors (Lipinski definition) is 6. The summed E-state index contributed by atoms with van der Waals surface area (Å²) in [5.41, 5.74) is 0.885. The maximum atomic E-state index is 12.5. The third kappa shape index (κ3) is 5.67. The van der Waals surface area contributed by atoms with Gasteiger partial charge in [-0.15, -0.1) is 11.3 Å². The molecule has 2 atom stereocenters. The molecule has 0 amide bonds. The Morgan fingerprint density at radius 3 is 2.00 bits per heavy atom. The fourth-order valence-electron chi connectivity index (χ4n) is 2.83. The number of anilines is 1. The lowest BCUT2D eigenvalue weighted by molar-refractivity contribution is 0.0527. The van der Waals surface area contributed by atoms with Gasteiger partial charge in [0.1, 0.15) is 9.88 Å². The van der Waals surface area contributed by atoms with Crippen LogP contribution in [-0.4, -0.2) is 47.2 Å². The molecule has 0 radical (unpaired) electrons. The van der Waals surface area contributed by atoms with Crippen molar-refractivity contribution in [3.05, 3.63) is 16.0 Å². The summed E-state index contributed by atoms with van der Waals surface area (Å²) in [5.74, 6) is -0.925. The van der Waals surface area contributed by atoms with Gasteiger partial charge in [-0.1, -0.05) is 13.8 Å². The molecule has 6 nitrogen and oxygen atoms in total. The average molecular weight is 429 g/mol. The van der Waals surface area contributed by atoms with E-state index in [0.717, 1.165) is 12.8 Å². The number of rotatable bonds is 9. The molecular weight excluding hydrogens is 396 g/mol. The second-order valence-electron chi connectivity index (χ2n) is 6.55. The van der Waals surface area contributed by atoms with E-state index in [1.807, 2.05) is 0 Å². The first-order valence-electron chi connectivity index (χ1n) is 9.80. The molecule has 8 heteroatoms. The monoisotopic (exact) mass is 428 g/mol. The molecule has 1 heterocycles. The molecular formula is C20H32N2O4S2. The van der Waals surface area contributed by atoms with Crippen LogP contribution in [0.2, 0.25) is 0 Å². The lowest BCUT2D eigenvalue weighted by Gasteiger charge is -2.36. The second kappa shape index (κ2) is 11.4. The van der Waals surface area contributed by atoms with Gasteiger partial charge in [-0.2, -0.15) is 0 Å². The van der Waals surface area contributed by atoms with Crippen LogP contribution in [0, 0.1) is 6.92 Å². The van der Waals surface area contributed by atoms with Crippen LogP contribution in [-0.2, 0) is 9.47 Å². The summed E-state index contributed by atoms with van der Waals surface area (Å²) in [6.45, 7) is 14.2. The van der Waals surface area contributed by atoms with Crippen LogP contribution in [0.5, 0.6) is 0 Å². The van der Waals surface area contributed by atoms with Gasteiger partial charge in [0.15, 0.2) is 5.11 Å². The van der Waals surface area contributed by atoms with E-state index in [0.29, 0.717) is 26.1 Å². The molecule has 0 bridgehead atoms. The number of thiophene rings is 1. The van der Waals surface area contributed by atoms with Crippen molar-refractivity contribution in [1.29, 1.82) is 0 Å². The minimum Gasteiger partial charge on any atom is -0.462 e. The van der Waals surface area contributed by atoms with Gasteiger partial charge in [-0.25, -0.2) is 9.59 Å². The molecule has 1 rings (SSSR count). The van der Waals surface area contributed by atoms with E-state index in [2.05, 4.69) is 37.9 Å². The third-order valence-electron chi connectivity index (χ3n) is 4.67. The highest BCUT2D eigenvalue weighted by atomic mass is 32.1. The Hall–Kier alpha value is -1.67. The molecule has 0 saturated carbocycles. The summed E-state index contributed by atoms with van der Waals surface area (Å²) in [6.07, 6.45) is 1.88. The summed E-state index contributed by atoms with van der Waals surface area (Å²) >= 11 is 6.85. The van der Waals surface area contributed by atoms with Crippen molar-refractivity contribution in [2.24, 2.45) is 0 Å². The van der Waals surface area contributed by atoms with Crippen molar-refractivity contribution in [2.45, 2.75) is 73.4 Å². The molecule has 1 N–H and O–H groups in total. The van der Waals surface area contributed by atoms with Gasteiger partial charge < -0.3 is 19.7 Å². The second-order valence-corrected chi connectivity index (χ2v) is 7.96. The lowest BCUT2D eigenvalue weighted by Crippen LogP contribution is -2.46. The molecule has 158 valence electrons. The summed E-state index contributed by atoms with van der Waals surface area (Å²) in [7, 11) is 0. The predicted octanol–water partition coefficient (Wildman–Crippen LogP) is 5.01. The fraction of sp³-hybridized carbons (Fsp3) is 0.650. The van der Waals surface area contributed by atoms with Crippen molar-refractivity contribution in [2.75, 3.05) is 18.5 Å². The van der Waals surface area contributed by atoms with Crippen molar-refractivity contribution in [3.63, 3.8) is 0 Å². The lowest BCUT2D eigenvalue weighted by atomic mass is 10.1. The van der Waals surface area contributed by atoms with Crippen LogP contribution in [0.4, 0.5) is 5.00 Å². The van der Waals surface area contributed by atoms with E-state index in [1.165, 1.54) is 11.3 Å². The van der Waals surface area contributed by atoms with Crippen LogP contribution in [0.15, 0.2) is 0 Å². The first kappa shape index (κ1) is 24.4. The Kier molecular flexibility index (Phi) is 9.89. The van der Waals surface area contributed by atoms with Crippen LogP contribution < -0.4 is 5.32 Å². The predicted molar refractivity (Wildman–Crippen MR) is 119 cm³/mol. The molecule has 0 spiro atoms. The molecule has 0 aromatic carbocycles. The molecule has 0 aliphatic heterocycles. The number of carbonyl (C=O) groups excluding carboxylic acids is 2. The Balaban J connectivity index is 3.33.